The quantitative estimate of drug-likeness (QED) is 0.779. The first-order valence-electron chi connectivity index (χ1n) is 8.75. The predicted molar refractivity (Wildman–Crippen MR) is 90.4 cm³/mol. The SMILES string of the molecule is CCCCN1C(=O)C(c2ccc(F)cc2)=C(N2CCCCC2)C1=O. The van der Waals surface area contributed by atoms with Gasteiger partial charge in [0.15, 0.2) is 0 Å². The van der Waals surface area contributed by atoms with Crippen molar-refractivity contribution in [3.63, 3.8) is 0 Å². The zero-order valence-electron chi connectivity index (χ0n) is 14.1. The molecule has 4 nitrogen and oxygen atoms in total. The highest BCUT2D eigenvalue weighted by molar-refractivity contribution is 6.35. The van der Waals surface area contributed by atoms with Gasteiger partial charge in [-0.2, -0.15) is 0 Å². The summed E-state index contributed by atoms with van der Waals surface area (Å²) in [6.07, 6.45) is 4.91. The number of imide groups is 1. The Balaban J connectivity index is 2.01. The number of carbonyl (C=O) groups is 2. The van der Waals surface area contributed by atoms with Gasteiger partial charge in [0.05, 0.1) is 5.57 Å². The van der Waals surface area contributed by atoms with Gasteiger partial charge in [0.2, 0.25) is 0 Å². The van der Waals surface area contributed by atoms with Crippen molar-refractivity contribution in [1.29, 1.82) is 0 Å². The summed E-state index contributed by atoms with van der Waals surface area (Å²) < 4.78 is 13.3. The van der Waals surface area contributed by atoms with Crippen LogP contribution in [0.15, 0.2) is 30.0 Å². The van der Waals surface area contributed by atoms with E-state index >= 15 is 0 Å². The molecule has 0 N–H and O–H groups in total. The molecule has 2 heterocycles. The maximum Gasteiger partial charge on any atom is 0.277 e. The molecular formula is C19H23FN2O2. The summed E-state index contributed by atoms with van der Waals surface area (Å²) in [7, 11) is 0. The molecule has 0 bridgehead atoms. The molecule has 128 valence electrons. The molecule has 1 aromatic carbocycles. The first-order valence-corrected chi connectivity index (χ1v) is 8.75. The predicted octanol–water partition coefficient (Wildman–Crippen LogP) is 3.19. The molecule has 1 saturated heterocycles. The van der Waals surface area contributed by atoms with Gasteiger partial charge in [-0.15, -0.1) is 0 Å². The molecule has 2 aliphatic rings. The number of carbonyl (C=O) groups excluding carboxylic acids is 2. The fraction of sp³-hybridized carbons (Fsp3) is 0.474. The topological polar surface area (TPSA) is 40.6 Å². The molecule has 2 aliphatic heterocycles. The van der Waals surface area contributed by atoms with Gasteiger partial charge in [0, 0.05) is 19.6 Å². The van der Waals surface area contributed by atoms with Gasteiger partial charge in [-0.1, -0.05) is 25.5 Å². The first-order chi connectivity index (χ1) is 11.6. The van der Waals surface area contributed by atoms with Crippen LogP contribution in [0.25, 0.3) is 5.57 Å². The van der Waals surface area contributed by atoms with Gasteiger partial charge >= 0.3 is 0 Å². The maximum absolute atomic E-state index is 13.3. The van der Waals surface area contributed by atoms with Gasteiger partial charge in [-0.25, -0.2) is 4.39 Å². The second-order valence-electron chi connectivity index (χ2n) is 6.39. The number of likely N-dealkylation sites (tertiary alicyclic amines) is 1. The van der Waals surface area contributed by atoms with Gasteiger partial charge in [0.25, 0.3) is 11.8 Å². The number of hydrogen-bond donors (Lipinski definition) is 0. The number of amides is 2. The number of unbranched alkanes of at least 4 members (excludes halogenated alkanes) is 1. The van der Waals surface area contributed by atoms with E-state index in [0.717, 1.165) is 45.2 Å². The molecule has 0 aromatic heterocycles. The Morgan fingerprint density at radius 3 is 2.29 bits per heavy atom. The third-order valence-corrected chi connectivity index (χ3v) is 4.68. The van der Waals surface area contributed by atoms with Crippen molar-refractivity contribution < 1.29 is 14.0 Å². The second kappa shape index (κ2) is 7.16. The molecule has 0 atom stereocenters. The Morgan fingerprint density at radius 1 is 1.00 bits per heavy atom. The van der Waals surface area contributed by atoms with E-state index in [4.69, 9.17) is 0 Å². The summed E-state index contributed by atoms with van der Waals surface area (Å²) in [5.74, 6) is -0.797. The average Bonchev–Trinajstić information content (AvgIpc) is 2.85. The Morgan fingerprint density at radius 2 is 1.67 bits per heavy atom. The molecule has 0 saturated carbocycles. The lowest BCUT2D eigenvalue weighted by Crippen LogP contribution is -2.37. The van der Waals surface area contributed by atoms with Crippen molar-refractivity contribution in [2.75, 3.05) is 19.6 Å². The summed E-state index contributed by atoms with van der Waals surface area (Å²) in [5, 5.41) is 0. The third kappa shape index (κ3) is 3.07. The maximum atomic E-state index is 13.3. The lowest BCUT2D eigenvalue weighted by atomic mass is 10.0. The summed E-state index contributed by atoms with van der Waals surface area (Å²) in [6.45, 7) is 4.06. The fourth-order valence-electron chi connectivity index (χ4n) is 3.37. The van der Waals surface area contributed by atoms with Crippen LogP contribution in [0.2, 0.25) is 0 Å². The summed E-state index contributed by atoms with van der Waals surface area (Å²) >= 11 is 0. The summed E-state index contributed by atoms with van der Waals surface area (Å²) in [4.78, 5) is 29.2. The Kier molecular flexibility index (Phi) is 4.97. The Bertz CT molecular complexity index is 660. The molecule has 0 spiro atoms. The normalized spacial score (nSPS) is 18.8. The van der Waals surface area contributed by atoms with Gasteiger partial charge in [-0.05, 0) is 43.4 Å². The minimum Gasteiger partial charge on any atom is -0.366 e. The van der Waals surface area contributed by atoms with Crippen LogP contribution in [-0.4, -0.2) is 41.2 Å². The zero-order chi connectivity index (χ0) is 17.1. The van der Waals surface area contributed by atoms with Crippen LogP contribution in [0, 0.1) is 5.82 Å². The highest BCUT2D eigenvalue weighted by atomic mass is 19.1. The number of hydrogen-bond acceptors (Lipinski definition) is 3. The highest BCUT2D eigenvalue weighted by Gasteiger charge is 2.41. The minimum absolute atomic E-state index is 0.199. The number of piperidine rings is 1. The molecule has 2 amide bonds. The number of nitrogens with zero attached hydrogens (tertiary/aromatic N) is 2. The van der Waals surface area contributed by atoms with Crippen molar-refractivity contribution in [3.8, 4) is 0 Å². The van der Waals surface area contributed by atoms with Crippen LogP contribution in [0.1, 0.15) is 44.6 Å². The van der Waals surface area contributed by atoms with E-state index in [2.05, 4.69) is 0 Å². The van der Waals surface area contributed by atoms with Gasteiger partial charge in [0.1, 0.15) is 11.5 Å². The van der Waals surface area contributed by atoms with E-state index in [1.807, 2.05) is 11.8 Å². The number of halogens is 1. The Hall–Kier alpha value is -2.17. The molecular weight excluding hydrogens is 307 g/mol. The van der Waals surface area contributed by atoms with Gasteiger partial charge < -0.3 is 4.90 Å². The van der Waals surface area contributed by atoms with Crippen LogP contribution >= 0.6 is 0 Å². The van der Waals surface area contributed by atoms with Crippen LogP contribution in [0.4, 0.5) is 4.39 Å². The van der Waals surface area contributed by atoms with Crippen molar-refractivity contribution in [2.45, 2.75) is 39.0 Å². The molecule has 3 rings (SSSR count). The van der Waals surface area contributed by atoms with Crippen LogP contribution in [0.3, 0.4) is 0 Å². The van der Waals surface area contributed by atoms with Crippen LogP contribution < -0.4 is 0 Å². The summed E-state index contributed by atoms with van der Waals surface area (Å²) in [6, 6.07) is 5.84. The Labute approximate surface area is 141 Å². The average molecular weight is 330 g/mol. The lowest BCUT2D eigenvalue weighted by Gasteiger charge is -2.29. The van der Waals surface area contributed by atoms with E-state index in [0.29, 0.717) is 23.4 Å². The number of benzene rings is 1. The van der Waals surface area contributed by atoms with Crippen LogP contribution in [-0.2, 0) is 9.59 Å². The molecule has 5 heteroatoms. The fourth-order valence-corrected chi connectivity index (χ4v) is 3.37. The van der Waals surface area contributed by atoms with Crippen molar-refractivity contribution in [2.24, 2.45) is 0 Å². The van der Waals surface area contributed by atoms with E-state index in [1.165, 1.54) is 17.0 Å². The zero-order valence-corrected chi connectivity index (χ0v) is 14.1. The molecule has 0 aliphatic carbocycles. The minimum atomic E-state index is -0.349. The van der Waals surface area contributed by atoms with E-state index < -0.39 is 0 Å². The van der Waals surface area contributed by atoms with E-state index in [9.17, 15) is 14.0 Å². The number of rotatable bonds is 5. The molecule has 1 fully saturated rings. The highest BCUT2D eigenvalue weighted by Crippen LogP contribution is 2.33. The van der Waals surface area contributed by atoms with Crippen molar-refractivity contribution >= 4 is 17.4 Å². The lowest BCUT2D eigenvalue weighted by molar-refractivity contribution is -0.137. The standard InChI is InChI=1S/C19H23FN2O2/c1-2-3-13-22-18(23)16(14-7-9-15(20)10-8-14)17(19(22)24)21-11-5-4-6-12-21/h7-10H,2-6,11-13H2,1H3. The first kappa shape index (κ1) is 16.7. The molecule has 0 unspecified atom stereocenters. The van der Waals surface area contributed by atoms with Crippen molar-refractivity contribution in [1.82, 2.24) is 9.80 Å². The smallest absolute Gasteiger partial charge is 0.277 e. The van der Waals surface area contributed by atoms with Crippen LogP contribution in [0.5, 0.6) is 0 Å². The van der Waals surface area contributed by atoms with Crippen molar-refractivity contribution in [3.05, 3.63) is 41.3 Å². The third-order valence-electron chi connectivity index (χ3n) is 4.68. The van der Waals surface area contributed by atoms with Gasteiger partial charge in [-0.3, -0.25) is 14.5 Å². The molecule has 1 aromatic rings. The van der Waals surface area contributed by atoms with E-state index in [-0.39, 0.29) is 17.6 Å². The second-order valence-corrected chi connectivity index (χ2v) is 6.39. The summed E-state index contributed by atoms with van der Waals surface area (Å²) in [5.41, 5.74) is 1.55. The van der Waals surface area contributed by atoms with E-state index in [1.54, 1.807) is 12.1 Å². The molecule has 0 radical (unpaired) electrons. The molecule has 24 heavy (non-hydrogen) atoms. The monoisotopic (exact) mass is 330 g/mol. The largest absolute Gasteiger partial charge is 0.366 e.